The van der Waals surface area contributed by atoms with Crippen molar-refractivity contribution in [1.82, 2.24) is 9.78 Å². The number of hydrogen-bond donors (Lipinski definition) is 1. The zero-order valence-corrected chi connectivity index (χ0v) is 15.5. The zero-order valence-electron chi connectivity index (χ0n) is 15.5. The second kappa shape index (κ2) is 8.85. The Labute approximate surface area is 162 Å². The van der Waals surface area contributed by atoms with Gasteiger partial charge >= 0.3 is 5.97 Å². The molecule has 0 aliphatic carbocycles. The molecule has 1 aromatic heterocycles. The first-order valence-electron chi connectivity index (χ1n) is 8.82. The van der Waals surface area contributed by atoms with Gasteiger partial charge < -0.3 is 15.2 Å². The molecule has 0 unspecified atom stereocenters. The van der Waals surface area contributed by atoms with E-state index in [1.54, 1.807) is 4.68 Å². The van der Waals surface area contributed by atoms with E-state index >= 15 is 0 Å². The topological polar surface area (TPSA) is 96.4 Å². The van der Waals surface area contributed by atoms with Crippen LogP contribution in [0.15, 0.2) is 60.8 Å². The molecule has 0 saturated carbocycles. The molecule has 7 nitrogen and oxygen atoms in total. The fraction of sp³-hybridized carbons (Fsp3) is 0.190. The van der Waals surface area contributed by atoms with Gasteiger partial charge in [-0.05, 0) is 29.8 Å². The standard InChI is InChI=1S/C21H21N3O4/c1-15(25)27-12-11-16-7-9-18(10-8-16)28-14-20-19(21(22)26)13-23-24(20)17-5-3-2-4-6-17/h2-10,13H,11-12,14H2,1H3,(H2,22,26). The van der Waals surface area contributed by atoms with E-state index in [1.807, 2.05) is 54.6 Å². The lowest BCUT2D eigenvalue weighted by atomic mass is 10.1. The maximum Gasteiger partial charge on any atom is 0.302 e. The molecule has 7 heteroatoms. The summed E-state index contributed by atoms with van der Waals surface area (Å²) in [6.45, 7) is 1.87. The molecule has 1 amide bonds. The minimum atomic E-state index is -0.554. The van der Waals surface area contributed by atoms with Gasteiger partial charge in [-0.3, -0.25) is 9.59 Å². The van der Waals surface area contributed by atoms with E-state index in [0.29, 0.717) is 30.0 Å². The van der Waals surface area contributed by atoms with E-state index in [4.69, 9.17) is 15.2 Å². The molecule has 0 saturated heterocycles. The third-order valence-corrected chi connectivity index (χ3v) is 4.13. The van der Waals surface area contributed by atoms with Gasteiger partial charge in [0.05, 0.1) is 29.7 Å². The first-order valence-corrected chi connectivity index (χ1v) is 8.82. The lowest BCUT2D eigenvalue weighted by molar-refractivity contribution is -0.140. The monoisotopic (exact) mass is 379 g/mol. The van der Waals surface area contributed by atoms with E-state index in [9.17, 15) is 9.59 Å². The van der Waals surface area contributed by atoms with Crippen molar-refractivity contribution in [1.29, 1.82) is 0 Å². The van der Waals surface area contributed by atoms with Gasteiger partial charge in [0.1, 0.15) is 12.4 Å². The molecule has 0 atom stereocenters. The van der Waals surface area contributed by atoms with E-state index in [0.717, 1.165) is 11.3 Å². The number of carbonyl (C=O) groups is 2. The highest BCUT2D eigenvalue weighted by Gasteiger charge is 2.17. The number of amides is 1. The number of benzene rings is 2. The highest BCUT2D eigenvalue weighted by molar-refractivity contribution is 5.93. The van der Waals surface area contributed by atoms with Crippen LogP contribution in [0, 0.1) is 0 Å². The Morgan fingerprint density at radius 2 is 1.79 bits per heavy atom. The first-order chi connectivity index (χ1) is 13.5. The number of primary amides is 1. The summed E-state index contributed by atoms with van der Waals surface area (Å²) in [5, 5.41) is 4.28. The largest absolute Gasteiger partial charge is 0.487 e. The van der Waals surface area contributed by atoms with E-state index in [-0.39, 0.29) is 12.6 Å². The smallest absolute Gasteiger partial charge is 0.302 e. The molecule has 0 spiro atoms. The molecular weight excluding hydrogens is 358 g/mol. The van der Waals surface area contributed by atoms with Crippen LogP contribution in [-0.4, -0.2) is 28.3 Å². The van der Waals surface area contributed by atoms with Crippen LogP contribution in [-0.2, 0) is 22.6 Å². The Bertz CT molecular complexity index is 950. The second-order valence-electron chi connectivity index (χ2n) is 6.14. The molecule has 2 N–H and O–H groups in total. The van der Waals surface area contributed by atoms with Gasteiger partial charge in [-0.15, -0.1) is 0 Å². The fourth-order valence-corrected chi connectivity index (χ4v) is 2.73. The Morgan fingerprint density at radius 3 is 2.43 bits per heavy atom. The molecule has 3 aromatic rings. The lowest BCUT2D eigenvalue weighted by Gasteiger charge is -2.11. The van der Waals surface area contributed by atoms with Gasteiger partial charge in [0.25, 0.3) is 5.91 Å². The molecule has 0 bridgehead atoms. The number of nitrogens with zero attached hydrogens (tertiary/aromatic N) is 2. The third kappa shape index (κ3) is 4.76. The predicted octanol–water partition coefficient (Wildman–Crippen LogP) is 2.66. The van der Waals surface area contributed by atoms with E-state index in [2.05, 4.69) is 5.10 Å². The van der Waals surface area contributed by atoms with Crippen LogP contribution < -0.4 is 10.5 Å². The van der Waals surface area contributed by atoms with Crippen LogP contribution in [0.25, 0.3) is 5.69 Å². The van der Waals surface area contributed by atoms with Crippen molar-refractivity contribution >= 4 is 11.9 Å². The molecule has 2 aromatic carbocycles. The minimum absolute atomic E-state index is 0.139. The number of esters is 1. The molecule has 144 valence electrons. The first kappa shape index (κ1) is 19.2. The van der Waals surface area contributed by atoms with Crippen molar-refractivity contribution in [2.24, 2.45) is 5.73 Å². The van der Waals surface area contributed by atoms with Crippen LogP contribution in [0.5, 0.6) is 5.75 Å². The van der Waals surface area contributed by atoms with E-state index in [1.165, 1.54) is 13.1 Å². The van der Waals surface area contributed by atoms with Crippen LogP contribution in [0.2, 0.25) is 0 Å². The third-order valence-electron chi connectivity index (χ3n) is 4.13. The maximum atomic E-state index is 11.7. The van der Waals surface area contributed by atoms with Crippen molar-refractivity contribution in [2.45, 2.75) is 20.0 Å². The van der Waals surface area contributed by atoms with Crippen molar-refractivity contribution < 1.29 is 19.1 Å². The second-order valence-corrected chi connectivity index (χ2v) is 6.14. The number of hydrogen-bond acceptors (Lipinski definition) is 5. The molecule has 0 radical (unpaired) electrons. The van der Waals surface area contributed by atoms with Gasteiger partial charge in [-0.1, -0.05) is 30.3 Å². The van der Waals surface area contributed by atoms with Crippen LogP contribution in [0.3, 0.4) is 0 Å². The Morgan fingerprint density at radius 1 is 1.07 bits per heavy atom. The number of rotatable bonds is 8. The number of para-hydroxylation sites is 1. The summed E-state index contributed by atoms with van der Waals surface area (Å²) in [7, 11) is 0. The molecule has 3 rings (SSSR count). The quantitative estimate of drug-likeness (QED) is 0.607. The molecule has 0 aliphatic heterocycles. The molecular formula is C21H21N3O4. The zero-order chi connectivity index (χ0) is 19.9. The maximum absolute atomic E-state index is 11.7. The summed E-state index contributed by atoms with van der Waals surface area (Å²) < 4.78 is 12.4. The highest BCUT2D eigenvalue weighted by Crippen LogP contribution is 2.19. The summed E-state index contributed by atoms with van der Waals surface area (Å²) in [5.74, 6) is -0.200. The summed E-state index contributed by atoms with van der Waals surface area (Å²) in [6, 6.07) is 16.9. The van der Waals surface area contributed by atoms with Crippen LogP contribution in [0.4, 0.5) is 0 Å². The summed E-state index contributed by atoms with van der Waals surface area (Å²) in [6.07, 6.45) is 2.08. The Kier molecular flexibility index (Phi) is 6.06. The van der Waals surface area contributed by atoms with Crippen molar-refractivity contribution in [3.63, 3.8) is 0 Å². The number of aromatic nitrogens is 2. The molecule has 0 fully saturated rings. The van der Waals surface area contributed by atoms with Gasteiger partial charge in [0.15, 0.2) is 0 Å². The normalized spacial score (nSPS) is 10.5. The highest BCUT2D eigenvalue weighted by atomic mass is 16.5. The molecule has 28 heavy (non-hydrogen) atoms. The summed E-state index contributed by atoms with van der Waals surface area (Å²) in [4.78, 5) is 22.6. The Hall–Kier alpha value is -3.61. The number of nitrogens with two attached hydrogens (primary N) is 1. The van der Waals surface area contributed by atoms with E-state index < -0.39 is 5.91 Å². The predicted molar refractivity (Wildman–Crippen MR) is 103 cm³/mol. The van der Waals surface area contributed by atoms with Gasteiger partial charge in [-0.25, -0.2) is 4.68 Å². The molecule has 0 aliphatic rings. The van der Waals surface area contributed by atoms with Crippen molar-refractivity contribution in [3.05, 3.63) is 77.6 Å². The van der Waals surface area contributed by atoms with Gasteiger partial charge in [0.2, 0.25) is 0 Å². The average molecular weight is 379 g/mol. The average Bonchev–Trinajstić information content (AvgIpc) is 3.12. The summed E-state index contributed by atoms with van der Waals surface area (Å²) in [5.41, 5.74) is 8.22. The van der Waals surface area contributed by atoms with Crippen molar-refractivity contribution in [2.75, 3.05) is 6.61 Å². The van der Waals surface area contributed by atoms with Gasteiger partial charge in [0, 0.05) is 13.3 Å². The fourth-order valence-electron chi connectivity index (χ4n) is 2.73. The molecule has 1 heterocycles. The van der Waals surface area contributed by atoms with Crippen LogP contribution >= 0.6 is 0 Å². The van der Waals surface area contributed by atoms with Gasteiger partial charge in [-0.2, -0.15) is 5.10 Å². The van der Waals surface area contributed by atoms with Crippen LogP contribution in [0.1, 0.15) is 28.5 Å². The summed E-state index contributed by atoms with van der Waals surface area (Å²) >= 11 is 0. The lowest BCUT2D eigenvalue weighted by Crippen LogP contribution is -2.15. The number of ether oxygens (including phenoxy) is 2. The Balaban J connectivity index is 1.71. The van der Waals surface area contributed by atoms with Crippen molar-refractivity contribution in [3.8, 4) is 11.4 Å². The SMILES string of the molecule is CC(=O)OCCc1ccc(OCc2c(C(N)=O)cnn2-c2ccccc2)cc1. The minimum Gasteiger partial charge on any atom is -0.487 e. The number of carbonyl (C=O) groups excluding carboxylic acids is 2.